The van der Waals surface area contributed by atoms with Gasteiger partial charge in [0, 0.05) is 81.2 Å². The van der Waals surface area contributed by atoms with E-state index in [0.29, 0.717) is 47.6 Å². The van der Waals surface area contributed by atoms with Crippen LogP contribution in [0.2, 0.25) is 5.02 Å². The number of halogens is 1. The number of hydrogen-bond acceptors (Lipinski definition) is 11. The summed E-state index contributed by atoms with van der Waals surface area (Å²) in [5, 5.41) is 19.9. The van der Waals surface area contributed by atoms with E-state index in [1.165, 1.54) is 6.20 Å². The van der Waals surface area contributed by atoms with Crippen molar-refractivity contribution in [3.8, 4) is 34.4 Å². The number of hydrazone groups is 1. The maximum absolute atomic E-state index is 11.4. The number of nitrogens with two attached hydrogens (primary N) is 2. The number of hydrazine groups is 1. The van der Waals surface area contributed by atoms with Gasteiger partial charge in [0.25, 0.3) is 0 Å². The third-order valence-electron chi connectivity index (χ3n) is 10.2. The van der Waals surface area contributed by atoms with Gasteiger partial charge in [-0.15, -0.1) is 0 Å². The first-order valence-corrected chi connectivity index (χ1v) is 19.7. The highest BCUT2D eigenvalue weighted by molar-refractivity contribution is 6.32. The van der Waals surface area contributed by atoms with Crippen LogP contribution in [0.4, 0.5) is 0 Å². The zero-order valence-electron chi connectivity index (χ0n) is 33.2. The summed E-state index contributed by atoms with van der Waals surface area (Å²) in [6.45, 7) is 12.8. The van der Waals surface area contributed by atoms with Crippen LogP contribution < -0.4 is 42.0 Å². The molecule has 7 N–H and O–H groups in total. The minimum atomic E-state index is -0.0669. The van der Waals surface area contributed by atoms with Crippen molar-refractivity contribution in [3.05, 3.63) is 105 Å². The van der Waals surface area contributed by atoms with Gasteiger partial charge in [0.15, 0.2) is 0 Å². The molecule has 14 heteroatoms. The summed E-state index contributed by atoms with van der Waals surface area (Å²) >= 11 is 6.84. The highest BCUT2D eigenvalue weighted by atomic mass is 35.5. The molecule has 1 aliphatic rings. The predicted octanol–water partition coefficient (Wildman–Crippen LogP) is 5.88. The summed E-state index contributed by atoms with van der Waals surface area (Å²) in [5.41, 5.74) is 9.96. The van der Waals surface area contributed by atoms with Crippen molar-refractivity contribution in [1.82, 2.24) is 25.9 Å². The highest BCUT2D eigenvalue weighted by Crippen LogP contribution is 2.36. The van der Waals surface area contributed by atoms with Crippen molar-refractivity contribution in [2.45, 2.75) is 72.8 Å². The molecule has 57 heavy (non-hydrogen) atoms. The number of ether oxygens (including phenoxy) is 3. The van der Waals surface area contributed by atoms with Gasteiger partial charge in [0.1, 0.15) is 42.4 Å². The van der Waals surface area contributed by atoms with Crippen molar-refractivity contribution in [1.29, 1.82) is 5.26 Å². The zero-order valence-corrected chi connectivity index (χ0v) is 34.0. The molecule has 4 aromatic rings. The van der Waals surface area contributed by atoms with E-state index >= 15 is 0 Å². The van der Waals surface area contributed by atoms with E-state index in [1.54, 1.807) is 25.3 Å². The second-order valence-electron chi connectivity index (χ2n) is 14.4. The van der Waals surface area contributed by atoms with Crippen molar-refractivity contribution >= 4 is 23.3 Å². The lowest BCUT2D eigenvalue weighted by Gasteiger charge is -2.32. The third kappa shape index (κ3) is 12.1. The Labute approximate surface area is 340 Å². The fourth-order valence-corrected chi connectivity index (χ4v) is 7.22. The van der Waals surface area contributed by atoms with Gasteiger partial charge < -0.3 is 41.0 Å². The van der Waals surface area contributed by atoms with Crippen LogP contribution in [0.3, 0.4) is 0 Å². The van der Waals surface area contributed by atoms with E-state index in [1.807, 2.05) is 31.2 Å². The van der Waals surface area contributed by atoms with Crippen LogP contribution in [0.15, 0.2) is 72.1 Å². The van der Waals surface area contributed by atoms with Gasteiger partial charge in [-0.05, 0) is 79.1 Å². The second-order valence-corrected chi connectivity index (χ2v) is 14.8. The number of carbonyl (C=O) groups excluding carboxylic acids is 1. The molecule has 1 saturated heterocycles. The van der Waals surface area contributed by atoms with E-state index in [2.05, 4.69) is 69.2 Å². The molecule has 2 heterocycles. The normalized spacial score (nSPS) is 14.1. The Morgan fingerprint density at radius 3 is 2.46 bits per heavy atom. The first-order chi connectivity index (χ1) is 27.6. The average molecular weight is 796 g/mol. The van der Waals surface area contributed by atoms with Crippen LogP contribution in [-0.4, -0.2) is 60.5 Å². The molecular weight excluding hydrogens is 742 g/mol. The van der Waals surface area contributed by atoms with E-state index < -0.39 is 0 Å². The lowest BCUT2D eigenvalue weighted by Crippen LogP contribution is -2.44. The van der Waals surface area contributed by atoms with E-state index in [0.717, 1.165) is 83.6 Å². The van der Waals surface area contributed by atoms with E-state index in [-0.39, 0.29) is 31.1 Å². The summed E-state index contributed by atoms with van der Waals surface area (Å²) in [7, 11) is 0. The Bertz CT molecular complexity index is 2050. The maximum atomic E-state index is 11.4. The zero-order chi connectivity index (χ0) is 40.7. The van der Waals surface area contributed by atoms with Crippen LogP contribution in [0.1, 0.15) is 66.5 Å². The highest BCUT2D eigenvalue weighted by Gasteiger charge is 2.20. The number of carbonyl (C=O) groups is 1. The molecule has 302 valence electrons. The molecule has 1 unspecified atom stereocenters. The van der Waals surface area contributed by atoms with Crippen LogP contribution in [-0.2, 0) is 24.6 Å². The van der Waals surface area contributed by atoms with Gasteiger partial charge in [-0.1, -0.05) is 48.9 Å². The van der Waals surface area contributed by atoms with E-state index in [4.69, 9.17) is 37.5 Å². The summed E-state index contributed by atoms with van der Waals surface area (Å²) in [6.07, 6.45) is 6.08. The number of amidine groups is 1. The number of nitrogens with zero attached hydrogens (tertiary/aromatic N) is 4. The maximum Gasteiger partial charge on any atom is 0.217 e. The molecule has 0 radical (unpaired) electrons. The first kappa shape index (κ1) is 42.7. The molecule has 1 aliphatic heterocycles. The van der Waals surface area contributed by atoms with Crippen LogP contribution in [0.5, 0.6) is 17.2 Å². The molecule has 0 bridgehead atoms. The number of nitriles is 1. The Kier molecular flexibility index (Phi) is 15.9. The molecule has 5 rings (SSSR count). The van der Waals surface area contributed by atoms with Gasteiger partial charge in [0.2, 0.25) is 5.91 Å². The molecule has 3 aromatic carbocycles. The molecular formula is C43H54ClN9O4. The van der Waals surface area contributed by atoms with E-state index in [9.17, 15) is 10.1 Å². The summed E-state index contributed by atoms with van der Waals surface area (Å²) in [5.74, 6) is 13.4. The molecule has 0 spiro atoms. The lowest BCUT2D eigenvalue weighted by atomic mass is 9.93. The van der Waals surface area contributed by atoms with Crippen LogP contribution >= 0.6 is 11.6 Å². The fourth-order valence-electron chi connectivity index (χ4n) is 6.98. The van der Waals surface area contributed by atoms with Gasteiger partial charge in [-0.3, -0.25) is 9.78 Å². The largest absolute Gasteiger partial charge is 0.493 e. The molecule has 13 nitrogen and oxygen atoms in total. The minimum absolute atomic E-state index is 0.0451. The third-order valence-corrected chi connectivity index (χ3v) is 10.5. The van der Waals surface area contributed by atoms with Crippen molar-refractivity contribution < 1.29 is 19.0 Å². The molecule has 0 saturated carbocycles. The Balaban J connectivity index is 1.25. The monoisotopic (exact) mass is 795 g/mol. The number of aromatic nitrogens is 1. The molecule has 1 atom stereocenters. The van der Waals surface area contributed by atoms with Gasteiger partial charge in [-0.25, -0.2) is 5.84 Å². The predicted molar refractivity (Wildman–Crippen MR) is 224 cm³/mol. The molecule has 1 amide bonds. The number of rotatable bonds is 18. The van der Waals surface area contributed by atoms with Gasteiger partial charge in [0.05, 0.1) is 17.2 Å². The Morgan fingerprint density at radius 2 is 1.74 bits per heavy atom. The molecule has 1 aromatic heterocycles. The van der Waals surface area contributed by atoms with Gasteiger partial charge in [-0.2, -0.15) is 10.4 Å². The van der Waals surface area contributed by atoms with Crippen molar-refractivity contribution in [2.75, 3.05) is 32.8 Å². The number of likely N-dealkylation sites (tertiary alicyclic amines) is 1. The second kappa shape index (κ2) is 21.2. The Hall–Kier alpha value is -5.39. The fraction of sp³-hybridized carbons (Fsp3) is 0.395. The number of amides is 1. The minimum Gasteiger partial charge on any atom is -0.493 e. The quantitative estimate of drug-likeness (QED) is 0.0266. The van der Waals surface area contributed by atoms with Crippen LogP contribution in [0, 0.1) is 31.1 Å². The Morgan fingerprint density at radius 1 is 1.00 bits per heavy atom. The van der Waals surface area contributed by atoms with Crippen LogP contribution in [0.25, 0.3) is 11.1 Å². The number of hydrogen-bond donors (Lipinski definition) is 5. The first-order valence-electron chi connectivity index (χ1n) is 19.3. The van der Waals surface area contributed by atoms with Crippen molar-refractivity contribution in [3.63, 3.8) is 0 Å². The topological polar surface area (TPSA) is 185 Å². The summed E-state index contributed by atoms with van der Waals surface area (Å²) in [6, 6.07) is 20.2. The smallest absolute Gasteiger partial charge is 0.217 e. The standard InChI is InChI=1S/C43H54ClN9O4/c1-28(43(51-46)52-47)22-48-25-35-19-39(44)42(20-41(35)56-26-33-18-32(21-45)23-49-24-33)57-27-34-8-5-9-37(29(34)2)38-10-6-11-40(30(38)3)55-17-7-14-53-15-12-36(13-16-53)50-31(4)54/h5-6,8-11,18-20,23-24,28,36,48H,7,12-17,22,25-27,46-47H2,1-4H3,(H,50,54)(H,51,52). The SMILES string of the molecule is CC(=O)NC1CCN(CCCOc2cccc(-c3cccc(COc4cc(OCc5cncc(C#N)c5)c(CNCC(C)/C(=N/N)NN)cc4Cl)c3C)c2C)CC1. The summed E-state index contributed by atoms with van der Waals surface area (Å²) in [4.78, 5) is 18.0. The average Bonchev–Trinajstić information content (AvgIpc) is 3.21. The number of benzene rings is 3. The molecule has 0 aliphatic carbocycles. The number of piperidine rings is 1. The van der Waals surface area contributed by atoms with Crippen molar-refractivity contribution in [2.24, 2.45) is 22.7 Å². The summed E-state index contributed by atoms with van der Waals surface area (Å²) < 4.78 is 19.0. The van der Waals surface area contributed by atoms with Gasteiger partial charge >= 0.3 is 0 Å². The molecule has 1 fully saturated rings. The lowest BCUT2D eigenvalue weighted by molar-refractivity contribution is -0.119. The number of pyridine rings is 1. The number of nitrogens with one attached hydrogen (secondary N) is 3.